The lowest BCUT2D eigenvalue weighted by Crippen LogP contribution is -2.27. The van der Waals surface area contributed by atoms with Crippen molar-refractivity contribution in [3.63, 3.8) is 0 Å². The molecule has 2 aromatic carbocycles. The normalized spacial score (nSPS) is 14.1. The van der Waals surface area contributed by atoms with Gasteiger partial charge in [-0.25, -0.2) is 4.39 Å². The maximum Gasteiger partial charge on any atom is 0.149 e. The molecule has 0 aliphatic heterocycles. The number of hydrogen-bond donors (Lipinski definition) is 1. The molecular weight excluding hydrogens is 410 g/mol. The van der Waals surface area contributed by atoms with Crippen LogP contribution in [0.5, 0.6) is 0 Å². The second kappa shape index (κ2) is 6.14. The van der Waals surface area contributed by atoms with Gasteiger partial charge >= 0.3 is 0 Å². The van der Waals surface area contributed by atoms with Gasteiger partial charge in [-0.2, -0.15) is 0 Å². The molecule has 1 N–H and O–H groups in total. The van der Waals surface area contributed by atoms with Gasteiger partial charge < -0.3 is 5.11 Å². The molecule has 0 aliphatic rings. The Hall–Kier alpha value is -0.420. The van der Waals surface area contributed by atoms with E-state index in [1.165, 1.54) is 0 Å². The zero-order valence-corrected chi connectivity index (χ0v) is 14.6. The monoisotopic (exact) mass is 420 g/mol. The predicted octanol–water partition coefficient (Wildman–Crippen LogP) is 5.65. The molecule has 0 fully saturated rings. The minimum Gasteiger partial charge on any atom is -0.380 e. The van der Waals surface area contributed by atoms with Gasteiger partial charge in [0.25, 0.3) is 0 Å². The quantitative estimate of drug-likeness (QED) is 0.634. The van der Waals surface area contributed by atoms with Crippen molar-refractivity contribution in [3.05, 3.63) is 67.3 Å². The highest BCUT2D eigenvalue weighted by atomic mass is 79.9. The van der Waals surface area contributed by atoms with Crippen LogP contribution < -0.4 is 0 Å². The first-order chi connectivity index (χ1) is 9.40. The van der Waals surface area contributed by atoms with Crippen LogP contribution in [0.3, 0.4) is 0 Å². The van der Waals surface area contributed by atoms with E-state index < -0.39 is 11.4 Å². The van der Waals surface area contributed by atoms with Crippen LogP contribution >= 0.6 is 43.5 Å². The van der Waals surface area contributed by atoms with Crippen molar-refractivity contribution in [2.75, 3.05) is 0 Å². The standard InChI is InChI=1S/C15H12Br2ClFO/c1-2-15(20,9-4-3-5-10(16)8-9)11-6-7-12(17)13(18)14(11)19/h3-8,20H,2H2,1H3. The Morgan fingerprint density at radius 3 is 2.55 bits per heavy atom. The van der Waals surface area contributed by atoms with E-state index in [4.69, 9.17) is 11.6 Å². The summed E-state index contributed by atoms with van der Waals surface area (Å²) in [5.41, 5.74) is -0.629. The van der Waals surface area contributed by atoms with E-state index in [0.717, 1.165) is 4.47 Å². The van der Waals surface area contributed by atoms with Crippen LogP contribution in [0.4, 0.5) is 4.39 Å². The molecule has 0 bridgehead atoms. The Morgan fingerprint density at radius 2 is 1.95 bits per heavy atom. The minimum absolute atomic E-state index is 0.0237. The smallest absolute Gasteiger partial charge is 0.149 e. The van der Waals surface area contributed by atoms with E-state index in [9.17, 15) is 9.50 Å². The molecule has 2 aromatic rings. The highest BCUT2D eigenvalue weighted by molar-refractivity contribution is 9.10. The van der Waals surface area contributed by atoms with Gasteiger partial charge in [0.2, 0.25) is 0 Å². The lowest BCUT2D eigenvalue weighted by Gasteiger charge is -2.29. The van der Waals surface area contributed by atoms with E-state index in [1.54, 1.807) is 37.3 Å². The van der Waals surface area contributed by atoms with Crippen LogP contribution in [0.15, 0.2) is 45.3 Å². The lowest BCUT2D eigenvalue weighted by molar-refractivity contribution is 0.0725. The maximum absolute atomic E-state index is 14.4. The van der Waals surface area contributed by atoms with Crippen molar-refractivity contribution in [3.8, 4) is 0 Å². The van der Waals surface area contributed by atoms with Crippen LogP contribution in [-0.4, -0.2) is 5.11 Å². The van der Waals surface area contributed by atoms with Gasteiger partial charge in [-0.1, -0.05) is 52.7 Å². The summed E-state index contributed by atoms with van der Waals surface area (Å²) < 4.78 is 15.7. The average molecular weight is 423 g/mol. The molecule has 106 valence electrons. The third-order valence-corrected chi connectivity index (χ3v) is 5.05. The molecule has 1 atom stereocenters. The molecule has 1 nitrogen and oxygen atoms in total. The van der Waals surface area contributed by atoms with Crippen molar-refractivity contribution >= 4 is 43.5 Å². The molecule has 0 saturated carbocycles. The first-order valence-electron chi connectivity index (χ1n) is 6.02. The number of aliphatic hydroxyl groups is 1. The van der Waals surface area contributed by atoms with E-state index in [2.05, 4.69) is 31.9 Å². The zero-order chi connectivity index (χ0) is 14.9. The Morgan fingerprint density at radius 1 is 1.25 bits per heavy atom. The van der Waals surface area contributed by atoms with Crippen molar-refractivity contribution in [1.29, 1.82) is 0 Å². The lowest BCUT2D eigenvalue weighted by atomic mass is 9.84. The highest BCUT2D eigenvalue weighted by Crippen LogP contribution is 2.39. The second-order valence-electron chi connectivity index (χ2n) is 4.45. The molecule has 2 rings (SSSR count). The minimum atomic E-state index is -1.42. The molecule has 1 unspecified atom stereocenters. The Bertz CT molecular complexity index is 648. The fourth-order valence-electron chi connectivity index (χ4n) is 2.14. The summed E-state index contributed by atoms with van der Waals surface area (Å²) in [5, 5.41) is 10.9. The van der Waals surface area contributed by atoms with E-state index in [1.807, 2.05) is 6.07 Å². The first-order valence-corrected chi connectivity index (χ1v) is 7.99. The topological polar surface area (TPSA) is 20.2 Å². The Kier molecular flexibility index (Phi) is 4.90. The van der Waals surface area contributed by atoms with Crippen molar-refractivity contribution in [1.82, 2.24) is 0 Å². The third kappa shape index (κ3) is 2.80. The molecule has 0 aliphatic carbocycles. The molecule has 20 heavy (non-hydrogen) atoms. The SMILES string of the molecule is CCC(O)(c1cccc(Br)c1)c1ccc(Br)c(Cl)c1F. The zero-order valence-electron chi connectivity index (χ0n) is 10.6. The van der Waals surface area contributed by atoms with Gasteiger partial charge in [0.05, 0.1) is 5.02 Å². The second-order valence-corrected chi connectivity index (χ2v) is 6.60. The fourth-order valence-corrected chi connectivity index (χ4v) is 3.01. The van der Waals surface area contributed by atoms with Crippen molar-refractivity contribution in [2.24, 2.45) is 0 Å². The molecule has 0 amide bonds. The molecular formula is C15H12Br2ClFO. The average Bonchev–Trinajstić information content (AvgIpc) is 2.44. The molecule has 0 radical (unpaired) electrons. The maximum atomic E-state index is 14.4. The molecule has 0 aromatic heterocycles. The van der Waals surface area contributed by atoms with Crippen molar-refractivity contribution in [2.45, 2.75) is 18.9 Å². The summed E-state index contributed by atoms with van der Waals surface area (Å²) >= 11 is 12.5. The van der Waals surface area contributed by atoms with Crippen LogP contribution in [0, 0.1) is 5.82 Å². The summed E-state index contributed by atoms with van der Waals surface area (Å²) in [4.78, 5) is 0. The first kappa shape index (κ1) is 16.0. The third-order valence-electron chi connectivity index (χ3n) is 3.29. The van der Waals surface area contributed by atoms with Crippen LogP contribution in [-0.2, 0) is 5.60 Å². The van der Waals surface area contributed by atoms with Gasteiger partial charge in [0.1, 0.15) is 11.4 Å². The number of rotatable bonds is 3. The molecule has 0 spiro atoms. The van der Waals surface area contributed by atoms with Crippen molar-refractivity contribution < 1.29 is 9.50 Å². The van der Waals surface area contributed by atoms with Crippen LogP contribution in [0.2, 0.25) is 5.02 Å². The molecule has 0 saturated heterocycles. The van der Waals surface area contributed by atoms with Crippen LogP contribution in [0.1, 0.15) is 24.5 Å². The van der Waals surface area contributed by atoms with Gasteiger partial charge in [0, 0.05) is 14.5 Å². The fraction of sp³-hybridized carbons (Fsp3) is 0.200. The van der Waals surface area contributed by atoms with Gasteiger partial charge in [0.15, 0.2) is 0 Å². The Labute approximate surface area is 139 Å². The van der Waals surface area contributed by atoms with E-state index >= 15 is 0 Å². The summed E-state index contributed by atoms with van der Waals surface area (Å²) in [5.74, 6) is -0.606. The highest BCUT2D eigenvalue weighted by Gasteiger charge is 2.33. The Balaban J connectivity index is 2.65. The number of halogens is 4. The van der Waals surface area contributed by atoms with Crippen LogP contribution in [0.25, 0.3) is 0 Å². The largest absolute Gasteiger partial charge is 0.380 e. The summed E-state index contributed by atoms with van der Waals surface area (Å²) in [7, 11) is 0. The molecule has 5 heteroatoms. The van der Waals surface area contributed by atoms with E-state index in [0.29, 0.717) is 16.5 Å². The summed E-state index contributed by atoms with van der Waals surface area (Å²) in [6.07, 6.45) is 0.332. The van der Waals surface area contributed by atoms with Gasteiger partial charge in [-0.15, -0.1) is 0 Å². The summed E-state index contributed by atoms with van der Waals surface area (Å²) in [6, 6.07) is 10.4. The predicted molar refractivity (Wildman–Crippen MR) is 86.5 cm³/mol. The van der Waals surface area contributed by atoms with E-state index in [-0.39, 0.29) is 10.6 Å². The summed E-state index contributed by atoms with van der Waals surface area (Å²) in [6.45, 7) is 1.80. The number of benzene rings is 2. The molecule has 0 heterocycles. The van der Waals surface area contributed by atoms with Gasteiger partial charge in [-0.3, -0.25) is 0 Å². The number of hydrogen-bond acceptors (Lipinski definition) is 1. The van der Waals surface area contributed by atoms with Gasteiger partial charge in [-0.05, 0) is 46.1 Å².